The molecule has 0 fully saturated rings. The normalized spacial score (nSPS) is 13.8. The summed E-state index contributed by atoms with van der Waals surface area (Å²) in [4.78, 5) is 7.23. The number of anilines is 7. The van der Waals surface area contributed by atoms with Gasteiger partial charge in [-0.3, -0.25) is 0 Å². The second-order valence-corrected chi connectivity index (χ2v) is 15.7. The van der Waals surface area contributed by atoms with Crippen molar-refractivity contribution < 1.29 is 4.74 Å². The fourth-order valence-corrected chi connectivity index (χ4v) is 9.76. The summed E-state index contributed by atoms with van der Waals surface area (Å²) in [5.74, 6) is 1.66. The largest absolute Gasteiger partial charge is 0.458 e. The molecule has 0 amide bonds. The van der Waals surface area contributed by atoms with Crippen LogP contribution in [0.5, 0.6) is 5.75 Å². The van der Waals surface area contributed by atoms with E-state index < -0.39 is 0 Å². The van der Waals surface area contributed by atoms with Gasteiger partial charge in [-0.15, -0.1) is 0 Å². The van der Waals surface area contributed by atoms with Crippen molar-refractivity contribution in [2.45, 2.75) is 6.92 Å². The molecule has 8 aromatic carbocycles. The topological polar surface area (TPSA) is 19.0 Å². The minimum Gasteiger partial charge on any atom is -0.458 e. The van der Waals surface area contributed by atoms with Crippen LogP contribution in [0, 0.1) is 0 Å². The Morgan fingerprint density at radius 3 is 1.75 bits per heavy atom. The Hall–Kier alpha value is -7.69. The zero-order valence-corrected chi connectivity index (χ0v) is 33.9. The molecule has 6 heteroatoms. The van der Waals surface area contributed by atoms with Crippen LogP contribution in [0.2, 0.25) is 0 Å². The molecule has 0 aromatic heterocycles. The van der Waals surface area contributed by atoms with E-state index in [9.17, 15) is 0 Å². The second kappa shape index (κ2) is 15.2. The molecular weight excluding hydrogens is 740 g/mol. The Morgan fingerprint density at radius 1 is 0.574 bits per heavy atom. The summed E-state index contributed by atoms with van der Waals surface area (Å²) >= 11 is 0. The highest BCUT2D eigenvalue weighted by Gasteiger charge is 2.47. The molecule has 288 valence electrons. The molecule has 4 nitrogen and oxygen atoms in total. The van der Waals surface area contributed by atoms with E-state index >= 15 is 0 Å². The van der Waals surface area contributed by atoms with Gasteiger partial charge in [0.05, 0.1) is 0 Å². The number of para-hydroxylation sites is 6. The van der Waals surface area contributed by atoms with Crippen LogP contribution >= 0.6 is 0 Å². The first-order chi connectivity index (χ1) is 30.2. The van der Waals surface area contributed by atoms with Crippen LogP contribution in [0.25, 0.3) is 11.1 Å². The van der Waals surface area contributed by atoms with Crippen LogP contribution < -0.4 is 41.2 Å². The highest BCUT2D eigenvalue weighted by atomic mass is 16.5. The molecule has 0 unspecified atom stereocenters. The van der Waals surface area contributed by atoms with Crippen molar-refractivity contribution in [3.8, 4) is 16.9 Å². The molecule has 0 radical (unpaired) electrons. The number of allylic oxidation sites excluding steroid dienone is 4. The fourth-order valence-electron chi connectivity index (χ4n) is 9.76. The van der Waals surface area contributed by atoms with Crippen molar-refractivity contribution in [3.05, 3.63) is 242 Å². The Bertz CT molecular complexity index is 2950. The number of fused-ring (bicyclic) bond motifs is 6. The van der Waals surface area contributed by atoms with Gasteiger partial charge in [-0.2, -0.15) is 0 Å². The molecule has 61 heavy (non-hydrogen) atoms. The van der Waals surface area contributed by atoms with Gasteiger partial charge in [-0.1, -0.05) is 158 Å². The van der Waals surface area contributed by atoms with Crippen molar-refractivity contribution >= 4 is 75.2 Å². The van der Waals surface area contributed by atoms with Crippen molar-refractivity contribution in [1.82, 2.24) is 0 Å². The summed E-state index contributed by atoms with van der Waals surface area (Å²) in [6.07, 6.45) is 4.23. The first-order valence-corrected chi connectivity index (χ1v) is 21.0. The average molecular weight is 782 g/mol. The van der Waals surface area contributed by atoms with Crippen molar-refractivity contribution in [2.24, 2.45) is 0 Å². The maximum absolute atomic E-state index is 7.61. The lowest BCUT2D eigenvalue weighted by Gasteiger charge is -2.45. The Balaban J connectivity index is 1.23. The number of nitrogens with zero attached hydrogens (tertiary/aromatic N) is 3. The van der Waals surface area contributed by atoms with Crippen LogP contribution in [-0.4, -0.2) is 13.6 Å². The van der Waals surface area contributed by atoms with E-state index in [0.29, 0.717) is 0 Å². The zero-order chi connectivity index (χ0) is 40.9. The van der Waals surface area contributed by atoms with E-state index in [-0.39, 0.29) is 13.6 Å². The Morgan fingerprint density at radius 2 is 1.11 bits per heavy atom. The lowest BCUT2D eigenvalue weighted by atomic mass is 9.32. The maximum Gasteiger partial charge on any atom is 0.329 e. The quantitative estimate of drug-likeness (QED) is 0.143. The summed E-state index contributed by atoms with van der Waals surface area (Å²) in [7, 11) is 0. The highest BCUT2D eigenvalue weighted by Crippen LogP contribution is 2.49. The summed E-state index contributed by atoms with van der Waals surface area (Å²) < 4.78 is 7.61. The van der Waals surface area contributed by atoms with Gasteiger partial charge in [0, 0.05) is 56.6 Å². The molecule has 3 aliphatic rings. The first-order valence-electron chi connectivity index (χ1n) is 21.0. The summed E-state index contributed by atoms with van der Waals surface area (Å²) in [5.41, 5.74) is 16.8. The van der Waals surface area contributed by atoms with Gasteiger partial charge < -0.3 is 19.3 Å². The van der Waals surface area contributed by atoms with Gasteiger partial charge in [-0.25, -0.2) is 0 Å². The van der Waals surface area contributed by atoms with Crippen molar-refractivity contribution in [1.29, 1.82) is 0 Å². The number of hydrogen-bond acceptors (Lipinski definition) is 4. The third-order valence-corrected chi connectivity index (χ3v) is 12.2. The molecule has 3 aliphatic heterocycles. The van der Waals surface area contributed by atoms with Crippen LogP contribution in [0.4, 0.5) is 39.8 Å². The Labute approximate surface area is 358 Å². The summed E-state index contributed by atoms with van der Waals surface area (Å²) in [6.45, 7) is 6.36. The van der Waals surface area contributed by atoms with Crippen molar-refractivity contribution in [3.63, 3.8) is 0 Å². The monoisotopic (exact) mass is 781 g/mol. The van der Waals surface area contributed by atoms with E-state index in [1.54, 1.807) is 0 Å². The lowest BCUT2D eigenvalue weighted by Crippen LogP contribution is -2.60. The second-order valence-electron chi connectivity index (χ2n) is 15.7. The molecule has 0 saturated carbocycles. The van der Waals surface area contributed by atoms with Gasteiger partial charge in [0.2, 0.25) is 0 Å². The van der Waals surface area contributed by atoms with E-state index in [1.807, 2.05) is 6.08 Å². The minimum absolute atomic E-state index is 0.145. The van der Waals surface area contributed by atoms with Gasteiger partial charge in [0.15, 0.2) is 0 Å². The first kappa shape index (κ1) is 36.4. The van der Waals surface area contributed by atoms with Crippen LogP contribution in [-0.2, 0) is 0 Å². The molecule has 0 spiro atoms. The number of ether oxygens (including phenoxy) is 1. The molecule has 3 heterocycles. The third kappa shape index (κ3) is 6.02. The smallest absolute Gasteiger partial charge is 0.329 e. The van der Waals surface area contributed by atoms with Gasteiger partial charge in [-0.05, 0) is 102 Å². The van der Waals surface area contributed by atoms with Crippen LogP contribution in [0.15, 0.2) is 242 Å². The molecule has 0 N–H and O–H groups in total. The summed E-state index contributed by atoms with van der Waals surface area (Å²) in [5, 5.41) is 0. The SMILES string of the molecule is C=CC1=C(/C=C(\C)N(c2ccccc2)c2ccccc2)Oc2c3c(cc4c2-c2ccccc2N(c2ccccc2)B4c2ccccc2)N(c2ccccc2)c2ccccc2B13. The average Bonchev–Trinajstić information content (AvgIpc) is 3.32. The standard InChI is InChI=1S/C55H41B2N3O/c1-3-46-52(37-39(2)58(41-25-11-5-12-26-41)42-27-13-6-14-28-42)61-55-53-45-33-19-21-35-49(45)60(44-31-17-8-18-32-44)57(40-23-9-4-10-24-40)48(53)38-51-54(55)56(46)47-34-20-22-36-50(47)59(51)43-29-15-7-16-30-43/h3-38H,1H2,2H3/b39-37+. The van der Waals surface area contributed by atoms with Crippen LogP contribution in [0.3, 0.4) is 0 Å². The minimum atomic E-state index is -0.163. The summed E-state index contributed by atoms with van der Waals surface area (Å²) in [6, 6.07) is 73.7. The molecule has 0 aliphatic carbocycles. The van der Waals surface area contributed by atoms with Crippen molar-refractivity contribution in [2.75, 3.05) is 14.6 Å². The van der Waals surface area contributed by atoms with Gasteiger partial charge in [0.1, 0.15) is 11.5 Å². The van der Waals surface area contributed by atoms with E-state index in [0.717, 1.165) is 79.1 Å². The number of rotatable bonds is 8. The number of benzene rings is 8. The maximum atomic E-state index is 7.61. The zero-order valence-electron chi connectivity index (χ0n) is 33.9. The molecule has 0 saturated heterocycles. The third-order valence-electron chi connectivity index (χ3n) is 12.2. The van der Waals surface area contributed by atoms with E-state index in [1.165, 1.54) is 16.4 Å². The number of hydrogen-bond donors (Lipinski definition) is 0. The molecular formula is C55H41B2N3O. The molecule has 8 aromatic rings. The Kier molecular flexibility index (Phi) is 9.05. The van der Waals surface area contributed by atoms with Gasteiger partial charge in [0.25, 0.3) is 6.71 Å². The highest BCUT2D eigenvalue weighted by molar-refractivity contribution is 6.96. The predicted octanol–water partition coefficient (Wildman–Crippen LogP) is 11.1. The van der Waals surface area contributed by atoms with E-state index in [2.05, 4.69) is 240 Å². The fraction of sp³-hybridized carbons (Fsp3) is 0.0182. The van der Waals surface area contributed by atoms with Gasteiger partial charge >= 0.3 is 6.85 Å². The lowest BCUT2D eigenvalue weighted by molar-refractivity contribution is 0.444. The molecule has 11 rings (SSSR count). The predicted molar refractivity (Wildman–Crippen MR) is 258 cm³/mol. The molecule has 0 bridgehead atoms. The molecule has 0 atom stereocenters. The van der Waals surface area contributed by atoms with Crippen LogP contribution in [0.1, 0.15) is 6.92 Å². The van der Waals surface area contributed by atoms with E-state index in [4.69, 9.17) is 4.74 Å².